The summed E-state index contributed by atoms with van der Waals surface area (Å²) < 4.78 is 21.9. The summed E-state index contributed by atoms with van der Waals surface area (Å²) in [4.78, 5) is 84.0. The van der Waals surface area contributed by atoms with E-state index in [9.17, 15) is 28.8 Å². The summed E-state index contributed by atoms with van der Waals surface area (Å²) in [6, 6.07) is 29.2. The summed E-state index contributed by atoms with van der Waals surface area (Å²) in [6.45, 7) is 4.18. The topological polar surface area (TPSA) is 176 Å². The van der Waals surface area contributed by atoms with Crippen LogP contribution in [-0.4, -0.2) is 88.2 Å². The van der Waals surface area contributed by atoms with Crippen molar-refractivity contribution in [1.82, 2.24) is 29.5 Å². The third kappa shape index (κ3) is 8.59. The molecule has 0 spiro atoms. The van der Waals surface area contributed by atoms with E-state index in [0.29, 0.717) is 59.1 Å². The molecule has 4 fully saturated rings. The first kappa shape index (κ1) is 47.3. The number of anilines is 4. The molecule has 11 rings (SSSR count). The summed E-state index contributed by atoms with van der Waals surface area (Å²) in [5.74, 6) is -1.06. The summed E-state index contributed by atoms with van der Waals surface area (Å²) in [5, 5.41) is 12.3. The van der Waals surface area contributed by atoms with Gasteiger partial charge in [0.15, 0.2) is 5.69 Å². The molecule has 0 radical (unpaired) electrons. The molecule has 17 heteroatoms. The first-order valence-corrected chi connectivity index (χ1v) is 25.2. The number of benzene rings is 5. The van der Waals surface area contributed by atoms with Crippen molar-refractivity contribution in [2.45, 2.75) is 57.4 Å². The van der Waals surface area contributed by atoms with Gasteiger partial charge in [-0.2, -0.15) is 5.10 Å². The van der Waals surface area contributed by atoms with E-state index >= 15 is 4.39 Å². The highest BCUT2D eigenvalue weighted by Crippen LogP contribution is 2.42. The Hall–Kier alpha value is -8.08. The number of aryl methyl sites for hydroxylation is 2. The minimum Gasteiger partial charge on any atom is -0.372 e. The highest BCUT2D eigenvalue weighted by atomic mass is 19.1. The number of para-hydroxylation sites is 1. The van der Waals surface area contributed by atoms with E-state index in [4.69, 9.17) is 0 Å². The fourth-order valence-corrected chi connectivity index (χ4v) is 11.8. The van der Waals surface area contributed by atoms with Crippen LogP contribution in [0.25, 0.3) is 44.2 Å². The van der Waals surface area contributed by atoms with Crippen LogP contribution in [0.1, 0.15) is 78.3 Å². The van der Waals surface area contributed by atoms with Crippen LogP contribution in [0.15, 0.2) is 102 Å². The smallest absolute Gasteiger partial charge is 0.329 e. The molecule has 5 aromatic carbocycles. The second-order valence-corrected chi connectivity index (χ2v) is 19.8. The fourth-order valence-electron chi connectivity index (χ4n) is 11.8. The number of carbonyl (C=O) groups excluding carboxylic acids is 5. The van der Waals surface area contributed by atoms with Crippen LogP contribution < -0.4 is 36.3 Å². The molecule has 0 aliphatic carbocycles. The van der Waals surface area contributed by atoms with E-state index in [0.717, 1.165) is 92.0 Å². The van der Waals surface area contributed by atoms with Gasteiger partial charge in [-0.15, -0.1) is 0 Å². The van der Waals surface area contributed by atoms with E-state index < -0.39 is 23.7 Å². The molecule has 16 nitrogen and oxygen atoms in total. The summed E-state index contributed by atoms with van der Waals surface area (Å²) in [7, 11) is 4.94. The lowest BCUT2D eigenvalue weighted by Crippen LogP contribution is -2.44. The largest absolute Gasteiger partial charge is 0.372 e. The van der Waals surface area contributed by atoms with Crippen LogP contribution in [0.2, 0.25) is 0 Å². The summed E-state index contributed by atoms with van der Waals surface area (Å²) in [5.41, 5.74) is 7.65. The van der Waals surface area contributed by atoms with Gasteiger partial charge in [0, 0.05) is 94.9 Å². The normalized spacial score (nSPS) is 18.0. The van der Waals surface area contributed by atoms with E-state index in [1.54, 1.807) is 64.5 Å². The van der Waals surface area contributed by atoms with Crippen molar-refractivity contribution >= 4 is 74.2 Å². The number of carbonyl (C=O) groups is 5. The Morgan fingerprint density at radius 1 is 0.699 bits per heavy atom. The Bertz CT molecular complexity index is 3430. The molecule has 6 heterocycles. The molecule has 1 atom stereocenters. The number of rotatable bonds is 10. The van der Waals surface area contributed by atoms with Crippen molar-refractivity contribution in [2.24, 2.45) is 25.9 Å². The minimum atomic E-state index is -0.726. The molecule has 0 bridgehead atoms. The lowest BCUT2D eigenvalue weighted by Gasteiger charge is -2.41. The van der Waals surface area contributed by atoms with E-state index in [-0.39, 0.29) is 46.5 Å². The monoisotopic (exact) mass is 984 g/mol. The number of imide groups is 1. The number of hydrogen-bond acceptors (Lipinski definition) is 9. The highest BCUT2D eigenvalue weighted by molar-refractivity contribution is 6.13. The van der Waals surface area contributed by atoms with Crippen molar-refractivity contribution in [2.75, 3.05) is 59.8 Å². The van der Waals surface area contributed by atoms with Gasteiger partial charge in [0.2, 0.25) is 17.7 Å². The molecule has 374 valence electrons. The SMILES string of the molecule is CNC(=O)c1cccc(NC(=O)c2nn(C)c3ccc(-c4ccc(N5CCCC5=O)cc4-c4ccc(N5CCC(C6CCN(c7cccc8c7n(C)c(=O)n8C7CCC(=O)NC7=O)CC6)CC5)cc4)c(F)c23)c1. The van der Waals surface area contributed by atoms with Crippen molar-refractivity contribution in [3.63, 3.8) is 0 Å². The van der Waals surface area contributed by atoms with Gasteiger partial charge >= 0.3 is 5.69 Å². The van der Waals surface area contributed by atoms with Gasteiger partial charge in [-0.05, 0) is 134 Å². The standard InChI is InChI=1S/C56H57FN10O6/c1-58-53(70)36-7-4-8-37(31-36)59-55(72)51-49-43(63(3)61-51)19-18-41(50(49)57)40-17-16-39(66-26-6-11-48(66)69)32-42(40)35-12-14-38(15-13-35)64-27-22-33(23-28-64)34-24-29-65(30-25-34)44-9-5-10-45-52(44)62(2)56(73)67(45)46-20-21-47(68)60-54(46)71/h4-5,7-10,12-19,31-34,46H,6,11,20-30H2,1-3H3,(H,58,70)(H,59,72)(H,60,68,71). The molecule has 73 heavy (non-hydrogen) atoms. The molecule has 1 unspecified atom stereocenters. The van der Waals surface area contributed by atoms with Crippen LogP contribution in [0.5, 0.6) is 0 Å². The number of fused-ring (bicyclic) bond motifs is 2. The number of imidazole rings is 1. The van der Waals surface area contributed by atoms with E-state index in [2.05, 4.69) is 61.2 Å². The number of nitrogens with one attached hydrogen (secondary N) is 3. The first-order valence-electron chi connectivity index (χ1n) is 25.2. The third-order valence-corrected chi connectivity index (χ3v) is 15.7. The molecule has 0 saturated carbocycles. The number of halogens is 1. The summed E-state index contributed by atoms with van der Waals surface area (Å²) >= 11 is 0. The maximum absolute atomic E-state index is 17.2. The number of piperidine rings is 3. The zero-order chi connectivity index (χ0) is 50.7. The van der Waals surface area contributed by atoms with E-state index in [1.165, 1.54) is 11.7 Å². The van der Waals surface area contributed by atoms with Crippen LogP contribution in [0.4, 0.5) is 27.1 Å². The van der Waals surface area contributed by atoms with Crippen LogP contribution in [0.3, 0.4) is 0 Å². The number of hydrogen-bond donors (Lipinski definition) is 3. The van der Waals surface area contributed by atoms with E-state index in [1.807, 2.05) is 30.3 Å². The molecule has 2 aromatic heterocycles. The fraction of sp³-hybridized carbons (Fsp3) is 0.339. The predicted octanol–water partition coefficient (Wildman–Crippen LogP) is 7.55. The average molecular weight is 985 g/mol. The van der Waals surface area contributed by atoms with Gasteiger partial charge < -0.3 is 25.3 Å². The quantitative estimate of drug-likeness (QED) is 0.117. The summed E-state index contributed by atoms with van der Waals surface area (Å²) in [6.07, 6.45) is 5.95. The van der Waals surface area contributed by atoms with Gasteiger partial charge in [-0.25, -0.2) is 9.18 Å². The van der Waals surface area contributed by atoms with Crippen molar-refractivity contribution < 1.29 is 28.4 Å². The maximum atomic E-state index is 17.2. The van der Waals surface area contributed by atoms with Crippen molar-refractivity contribution in [3.8, 4) is 22.3 Å². The van der Waals surface area contributed by atoms with Gasteiger partial charge in [0.25, 0.3) is 11.8 Å². The van der Waals surface area contributed by atoms with Gasteiger partial charge in [0.1, 0.15) is 11.9 Å². The molecule has 7 aromatic rings. The van der Waals surface area contributed by atoms with Gasteiger partial charge in [-0.3, -0.25) is 43.1 Å². The van der Waals surface area contributed by atoms with Crippen LogP contribution in [-0.2, 0) is 28.5 Å². The Labute approximate surface area is 420 Å². The lowest BCUT2D eigenvalue weighted by molar-refractivity contribution is -0.135. The molecular weight excluding hydrogens is 928 g/mol. The number of amides is 5. The molecular formula is C56H57FN10O6. The highest BCUT2D eigenvalue weighted by Gasteiger charge is 2.34. The number of aromatic nitrogens is 4. The first-order chi connectivity index (χ1) is 35.4. The predicted molar refractivity (Wildman–Crippen MR) is 279 cm³/mol. The third-order valence-electron chi connectivity index (χ3n) is 15.7. The average Bonchev–Trinajstić information content (AvgIpc) is 4.08. The number of nitrogens with zero attached hydrogens (tertiary/aromatic N) is 7. The Morgan fingerprint density at radius 2 is 1.40 bits per heavy atom. The van der Waals surface area contributed by atoms with Gasteiger partial charge in [-0.1, -0.05) is 30.3 Å². The maximum Gasteiger partial charge on any atom is 0.329 e. The van der Waals surface area contributed by atoms with Gasteiger partial charge in [0.05, 0.1) is 27.6 Å². The van der Waals surface area contributed by atoms with Crippen molar-refractivity contribution in [3.05, 3.63) is 125 Å². The second-order valence-electron chi connectivity index (χ2n) is 19.8. The Kier molecular flexibility index (Phi) is 12.4. The molecule has 4 aliphatic heterocycles. The Balaban J connectivity index is 0.800. The molecule has 3 N–H and O–H groups in total. The lowest BCUT2D eigenvalue weighted by atomic mass is 9.78. The molecule has 4 saturated heterocycles. The molecule has 4 aliphatic rings. The van der Waals surface area contributed by atoms with Crippen LogP contribution >= 0.6 is 0 Å². The van der Waals surface area contributed by atoms with Crippen molar-refractivity contribution in [1.29, 1.82) is 0 Å². The van der Waals surface area contributed by atoms with Crippen LogP contribution in [0, 0.1) is 17.7 Å². The minimum absolute atomic E-state index is 0.0486. The zero-order valence-electron chi connectivity index (χ0n) is 41.1. The molecule has 5 amide bonds. The zero-order valence-corrected chi connectivity index (χ0v) is 41.1. The Morgan fingerprint density at radius 3 is 2.10 bits per heavy atom. The second kappa shape index (κ2) is 19.2.